The van der Waals surface area contributed by atoms with Crippen molar-refractivity contribution in [2.45, 2.75) is 46.5 Å². The highest BCUT2D eigenvalue weighted by molar-refractivity contribution is 6.76. The maximum Gasteiger partial charge on any atom is 0.0448 e. The SMILES string of the molecule is CC(C)C(C)(CN)C[Si](C)(C)C. The molecule has 0 aliphatic rings. The Kier molecular flexibility index (Phi) is 3.98. The number of nitrogens with two attached hydrogens (primary N) is 1. The van der Waals surface area contributed by atoms with Crippen molar-refractivity contribution in [3.05, 3.63) is 0 Å². The lowest BCUT2D eigenvalue weighted by Gasteiger charge is -2.37. The molecule has 0 aliphatic carbocycles. The summed E-state index contributed by atoms with van der Waals surface area (Å²) < 4.78 is 0. The monoisotopic (exact) mass is 187 g/mol. The molecule has 0 aromatic rings. The molecule has 0 aliphatic heterocycles. The van der Waals surface area contributed by atoms with Gasteiger partial charge in [0.2, 0.25) is 0 Å². The Bertz CT molecular complexity index is 137. The van der Waals surface area contributed by atoms with E-state index < -0.39 is 8.07 Å². The standard InChI is InChI=1S/C10H25NSi/c1-9(2)10(3,7-11)8-12(4,5)6/h9H,7-8,11H2,1-6H3. The van der Waals surface area contributed by atoms with Gasteiger partial charge in [0.05, 0.1) is 0 Å². The number of hydrogen-bond donors (Lipinski definition) is 1. The molecule has 1 nitrogen and oxygen atoms in total. The molecular formula is C10H25NSi. The molecule has 0 rings (SSSR count). The summed E-state index contributed by atoms with van der Waals surface area (Å²) in [6, 6.07) is 1.34. The molecule has 1 atom stereocenters. The summed E-state index contributed by atoms with van der Waals surface area (Å²) in [4.78, 5) is 0. The molecule has 74 valence electrons. The van der Waals surface area contributed by atoms with Gasteiger partial charge in [0.15, 0.2) is 0 Å². The molecule has 0 aromatic carbocycles. The fourth-order valence-corrected chi connectivity index (χ4v) is 4.70. The van der Waals surface area contributed by atoms with Crippen LogP contribution >= 0.6 is 0 Å². The van der Waals surface area contributed by atoms with Crippen LogP contribution < -0.4 is 5.73 Å². The topological polar surface area (TPSA) is 26.0 Å². The average Bonchev–Trinajstić information content (AvgIpc) is 1.83. The Morgan fingerprint density at radius 3 is 1.75 bits per heavy atom. The van der Waals surface area contributed by atoms with E-state index in [9.17, 15) is 0 Å². The lowest BCUT2D eigenvalue weighted by atomic mass is 9.81. The van der Waals surface area contributed by atoms with E-state index in [4.69, 9.17) is 5.73 Å². The van der Waals surface area contributed by atoms with Gasteiger partial charge in [0, 0.05) is 8.07 Å². The minimum Gasteiger partial charge on any atom is -0.330 e. The van der Waals surface area contributed by atoms with E-state index in [1.807, 2.05) is 0 Å². The molecule has 2 N–H and O–H groups in total. The van der Waals surface area contributed by atoms with Crippen molar-refractivity contribution >= 4 is 8.07 Å². The van der Waals surface area contributed by atoms with Crippen LogP contribution in [-0.2, 0) is 0 Å². The summed E-state index contributed by atoms with van der Waals surface area (Å²) in [7, 11) is -0.956. The van der Waals surface area contributed by atoms with E-state index in [0.29, 0.717) is 11.3 Å². The van der Waals surface area contributed by atoms with E-state index in [1.165, 1.54) is 6.04 Å². The second-order valence-corrected chi connectivity index (χ2v) is 11.2. The van der Waals surface area contributed by atoms with Gasteiger partial charge < -0.3 is 5.73 Å². The van der Waals surface area contributed by atoms with E-state index >= 15 is 0 Å². The highest BCUT2D eigenvalue weighted by atomic mass is 28.3. The first-order chi connectivity index (χ1) is 5.21. The average molecular weight is 187 g/mol. The summed E-state index contributed by atoms with van der Waals surface area (Å²) in [5.74, 6) is 0.703. The van der Waals surface area contributed by atoms with Gasteiger partial charge in [0.1, 0.15) is 0 Å². The Morgan fingerprint density at radius 1 is 1.25 bits per heavy atom. The predicted molar refractivity (Wildman–Crippen MR) is 60.2 cm³/mol. The largest absolute Gasteiger partial charge is 0.330 e. The van der Waals surface area contributed by atoms with Crippen LogP contribution in [0.1, 0.15) is 20.8 Å². The molecule has 1 unspecified atom stereocenters. The first kappa shape index (κ1) is 12.2. The lowest BCUT2D eigenvalue weighted by Crippen LogP contribution is -2.39. The van der Waals surface area contributed by atoms with Gasteiger partial charge in [-0.15, -0.1) is 0 Å². The molecule has 0 saturated carbocycles. The van der Waals surface area contributed by atoms with Crippen LogP contribution in [0.3, 0.4) is 0 Å². The van der Waals surface area contributed by atoms with Gasteiger partial charge >= 0.3 is 0 Å². The van der Waals surface area contributed by atoms with Gasteiger partial charge in [-0.1, -0.05) is 46.5 Å². The Labute approximate surface area is 78.7 Å². The minimum atomic E-state index is -0.956. The summed E-state index contributed by atoms with van der Waals surface area (Å²) in [6.45, 7) is 15.0. The summed E-state index contributed by atoms with van der Waals surface area (Å²) in [5, 5.41) is 0. The number of rotatable bonds is 4. The molecule has 0 radical (unpaired) electrons. The number of hydrogen-bond acceptors (Lipinski definition) is 1. The van der Waals surface area contributed by atoms with Crippen molar-refractivity contribution < 1.29 is 0 Å². The highest BCUT2D eigenvalue weighted by Crippen LogP contribution is 2.34. The van der Waals surface area contributed by atoms with Crippen LogP contribution in [0.25, 0.3) is 0 Å². The van der Waals surface area contributed by atoms with Crippen LogP contribution in [0.5, 0.6) is 0 Å². The first-order valence-electron chi connectivity index (χ1n) is 4.91. The molecule has 0 fully saturated rings. The van der Waals surface area contributed by atoms with Crippen molar-refractivity contribution in [3.8, 4) is 0 Å². The van der Waals surface area contributed by atoms with E-state index in [0.717, 1.165) is 6.54 Å². The molecule has 12 heavy (non-hydrogen) atoms. The van der Waals surface area contributed by atoms with Gasteiger partial charge in [-0.25, -0.2) is 0 Å². The molecule has 0 heterocycles. The van der Waals surface area contributed by atoms with Gasteiger partial charge in [-0.3, -0.25) is 0 Å². The van der Waals surface area contributed by atoms with E-state index in [1.54, 1.807) is 0 Å². The first-order valence-corrected chi connectivity index (χ1v) is 8.62. The molecule has 0 saturated heterocycles. The van der Waals surface area contributed by atoms with Crippen LogP contribution in [0.15, 0.2) is 0 Å². The van der Waals surface area contributed by atoms with E-state index in [2.05, 4.69) is 40.4 Å². The maximum absolute atomic E-state index is 5.84. The zero-order valence-corrected chi connectivity index (χ0v) is 10.6. The fraction of sp³-hybridized carbons (Fsp3) is 1.00. The predicted octanol–water partition coefficient (Wildman–Crippen LogP) is 2.95. The second-order valence-electron chi connectivity index (χ2n) is 5.75. The van der Waals surface area contributed by atoms with Crippen LogP contribution in [-0.4, -0.2) is 14.6 Å². The molecule has 0 bridgehead atoms. The third-order valence-corrected chi connectivity index (χ3v) is 4.66. The summed E-state index contributed by atoms with van der Waals surface area (Å²) in [5.41, 5.74) is 6.20. The second kappa shape index (κ2) is 3.92. The van der Waals surface area contributed by atoms with Crippen molar-refractivity contribution in [2.24, 2.45) is 17.1 Å². The van der Waals surface area contributed by atoms with Crippen molar-refractivity contribution in [1.29, 1.82) is 0 Å². The lowest BCUT2D eigenvalue weighted by molar-refractivity contribution is 0.257. The van der Waals surface area contributed by atoms with Crippen LogP contribution in [0, 0.1) is 11.3 Å². The quantitative estimate of drug-likeness (QED) is 0.673. The zero-order valence-electron chi connectivity index (χ0n) is 9.57. The van der Waals surface area contributed by atoms with Crippen LogP contribution in [0.4, 0.5) is 0 Å². The fourth-order valence-electron chi connectivity index (χ4n) is 1.72. The Hall–Kier alpha value is 0.177. The van der Waals surface area contributed by atoms with Crippen molar-refractivity contribution in [2.75, 3.05) is 6.54 Å². The van der Waals surface area contributed by atoms with Gasteiger partial charge in [-0.05, 0) is 17.9 Å². The molecule has 0 aromatic heterocycles. The highest BCUT2D eigenvalue weighted by Gasteiger charge is 2.32. The summed E-state index contributed by atoms with van der Waals surface area (Å²) in [6.07, 6.45) is 0. The Morgan fingerprint density at radius 2 is 1.67 bits per heavy atom. The van der Waals surface area contributed by atoms with Crippen molar-refractivity contribution in [3.63, 3.8) is 0 Å². The molecule has 2 heteroatoms. The molecule has 0 amide bonds. The van der Waals surface area contributed by atoms with E-state index in [-0.39, 0.29) is 0 Å². The normalized spacial score (nSPS) is 18.0. The summed E-state index contributed by atoms with van der Waals surface area (Å²) >= 11 is 0. The van der Waals surface area contributed by atoms with Crippen molar-refractivity contribution in [1.82, 2.24) is 0 Å². The Balaban J connectivity index is 4.35. The zero-order chi connectivity index (χ0) is 9.99. The molecular weight excluding hydrogens is 162 g/mol. The van der Waals surface area contributed by atoms with Gasteiger partial charge in [0.25, 0.3) is 0 Å². The smallest absolute Gasteiger partial charge is 0.0448 e. The minimum absolute atomic E-state index is 0.366. The third-order valence-electron chi connectivity index (χ3n) is 2.79. The third kappa shape index (κ3) is 3.72. The van der Waals surface area contributed by atoms with Gasteiger partial charge in [-0.2, -0.15) is 0 Å². The van der Waals surface area contributed by atoms with Crippen LogP contribution in [0.2, 0.25) is 25.7 Å². The maximum atomic E-state index is 5.84. The molecule has 0 spiro atoms.